The summed E-state index contributed by atoms with van der Waals surface area (Å²) in [4.78, 5) is 12.7. The lowest BCUT2D eigenvalue weighted by molar-refractivity contribution is 0.102. The number of hydrogen-bond acceptors (Lipinski definition) is 4. The second kappa shape index (κ2) is 6.34. The molecule has 1 fully saturated rings. The SMILES string of the molecule is Cc1cc(C(=O)CSc2nnc3c(Cl)cc(Cl)cn23)c(C)n1C1CC1. The molecule has 0 N–H and O–H groups in total. The standard InChI is InChI=1S/C17H16Cl2N4OS/c1-9-5-13(10(2)23(9)12-3-4-12)15(24)8-25-17-21-20-16-14(19)6-11(18)7-22(16)17/h5-7,12H,3-4,8H2,1-2H3. The van der Waals surface area contributed by atoms with Gasteiger partial charge in [-0.05, 0) is 38.8 Å². The highest BCUT2D eigenvalue weighted by atomic mass is 35.5. The van der Waals surface area contributed by atoms with Gasteiger partial charge in [-0.25, -0.2) is 0 Å². The molecule has 1 aliphatic rings. The summed E-state index contributed by atoms with van der Waals surface area (Å²) < 4.78 is 4.00. The van der Waals surface area contributed by atoms with E-state index in [4.69, 9.17) is 23.2 Å². The zero-order valence-electron chi connectivity index (χ0n) is 13.8. The van der Waals surface area contributed by atoms with Crippen LogP contribution in [-0.4, -0.2) is 30.7 Å². The Kier molecular flexibility index (Phi) is 4.30. The minimum atomic E-state index is 0.0925. The average molecular weight is 395 g/mol. The number of nitrogens with zero attached hydrogens (tertiary/aromatic N) is 4. The van der Waals surface area contributed by atoms with Gasteiger partial charge in [-0.15, -0.1) is 10.2 Å². The summed E-state index contributed by atoms with van der Waals surface area (Å²) >= 11 is 13.5. The van der Waals surface area contributed by atoms with E-state index < -0.39 is 0 Å². The van der Waals surface area contributed by atoms with E-state index in [0.717, 1.165) is 17.0 Å². The van der Waals surface area contributed by atoms with Gasteiger partial charge in [0.1, 0.15) is 0 Å². The molecule has 0 bridgehead atoms. The van der Waals surface area contributed by atoms with Crippen molar-refractivity contribution >= 4 is 46.4 Å². The fourth-order valence-corrected chi connectivity index (χ4v) is 4.46. The maximum Gasteiger partial charge on any atom is 0.196 e. The molecule has 3 aromatic heterocycles. The normalized spacial score (nSPS) is 14.4. The molecule has 0 spiro atoms. The number of pyridine rings is 1. The quantitative estimate of drug-likeness (QED) is 0.462. The van der Waals surface area contributed by atoms with Gasteiger partial charge >= 0.3 is 0 Å². The molecule has 0 amide bonds. The summed E-state index contributed by atoms with van der Waals surface area (Å²) in [6.07, 6.45) is 4.10. The van der Waals surface area contributed by atoms with Crippen LogP contribution in [0.4, 0.5) is 0 Å². The molecule has 1 saturated carbocycles. The van der Waals surface area contributed by atoms with Crippen LogP contribution in [0.15, 0.2) is 23.5 Å². The van der Waals surface area contributed by atoms with Crippen molar-refractivity contribution in [1.82, 2.24) is 19.2 Å². The molecule has 3 heterocycles. The van der Waals surface area contributed by atoms with Crippen LogP contribution in [0.2, 0.25) is 10.0 Å². The molecule has 0 saturated heterocycles. The van der Waals surface area contributed by atoms with Crippen LogP contribution in [0.3, 0.4) is 0 Å². The smallest absolute Gasteiger partial charge is 0.196 e. The van der Waals surface area contributed by atoms with Crippen molar-refractivity contribution in [2.75, 3.05) is 5.75 Å². The van der Waals surface area contributed by atoms with E-state index in [1.807, 2.05) is 13.0 Å². The number of ketones is 1. The third-order valence-electron chi connectivity index (χ3n) is 4.42. The Balaban J connectivity index is 1.56. The van der Waals surface area contributed by atoms with Gasteiger partial charge in [0.2, 0.25) is 0 Å². The molecule has 25 heavy (non-hydrogen) atoms. The van der Waals surface area contributed by atoms with Gasteiger partial charge in [0.15, 0.2) is 16.6 Å². The Labute approximate surface area is 159 Å². The van der Waals surface area contributed by atoms with Crippen LogP contribution >= 0.6 is 35.0 Å². The Morgan fingerprint density at radius 3 is 2.76 bits per heavy atom. The van der Waals surface area contributed by atoms with Crippen molar-refractivity contribution in [3.63, 3.8) is 0 Å². The van der Waals surface area contributed by atoms with Crippen molar-refractivity contribution < 1.29 is 4.79 Å². The number of fused-ring (bicyclic) bond motifs is 1. The van der Waals surface area contributed by atoms with E-state index in [-0.39, 0.29) is 5.78 Å². The van der Waals surface area contributed by atoms with E-state index in [1.165, 1.54) is 24.6 Å². The van der Waals surface area contributed by atoms with E-state index in [0.29, 0.717) is 32.6 Å². The molecule has 0 radical (unpaired) electrons. The highest BCUT2D eigenvalue weighted by Crippen LogP contribution is 2.38. The molecule has 130 valence electrons. The van der Waals surface area contributed by atoms with Gasteiger partial charge in [0.25, 0.3) is 0 Å². The predicted molar refractivity (Wildman–Crippen MR) is 100 cm³/mol. The van der Waals surface area contributed by atoms with Crippen molar-refractivity contribution in [2.45, 2.75) is 37.9 Å². The first-order valence-corrected chi connectivity index (χ1v) is 9.74. The molecule has 0 aliphatic heterocycles. The van der Waals surface area contributed by atoms with Gasteiger partial charge < -0.3 is 4.57 Å². The number of carbonyl (C=O) groups is 1. The van der Waals surface area contributed by atoms with Gasteiger partial charge in [-0.3, -0.25) is 9.20 Å². The van der Waals surface area contributed by atoms with Crippen LogP contribution in [0.5, 0.6) is 0 Å². The van der Waals surface area contributed by atoms with Crippen LogP contribution in [0.25, 0.3) is 5.65 Å². The number of thioether (sulfide) groups is 1. The maximum absolute atomic E-state index is 12.7. The van der Waals surface area contributed by atoms with Crippen molar-refractivity contribution in [3.8, 4) is 0 Å². The molecule has 0 unspecified atom stereocenters. The zero-order chi connectivity index (χ0) is 17.7. The van der Waals surface area contributed by atoms with Gasteiger partial charge in [0, 0.05) is 29.2 Å². The van der Waals surface area contributed by atoms with E-state index in [1.54, 1.807) is 16.7 Å². The van der Waals surface area contributed by atoms with E-state index in [9.17, 15) is 4.79 Å². The van der Waals surface area contributed by atoms with Gasteiger partial charge in [-0.2, -0.15) is 0 Å². The van der Waals surface area contributed by atoms with Crippen LogP contribution in [0, 0.1) is 13.8 Å². The third kappa shape index (κ3) is 3.07. The Hall–Kier alpha value is -1.50. The molecule has 5 nitrogen and oxygen atoms in total. The van der Waals surface area contributed by atoms with Gasteiger partial charge in [-0.1, -0.05) is 35.0 Å². The first-order valence-electron chi connectivity index (χ1n) is 8.00. The lowest BCUT2D eigenvalue weighted by Gasteiger charge is -2.07. The number of hydrogen-bond donors (Lipinski definition) is 0. The second-order valence-electron chi connectivity index (χ2n) is 6.28. The zero-order valence-corrected chi connectivity index (χ0v) is 16.1. The number of halogens is 2. The minimum absolute atomic E-state index is 0.0925. The topological polar surface area (TPSA) is 52.2 Å². The number of rotatable bonds is 5. The monoisotopic (exact) mass is 394 g/mol. The lowest BCUT2D eigenvalue weighted by atomic mass is 10.2. The summed E-state index contributed by atoms with van der Waals surface area (Å²) in [5, 5.41) is 9.72. The molecular formula is C17H16Cl2N4OS. The van der Waals surface area contributed by atoms with Gasteiger partial charge in [0.05, 0.1) is 15.8 Å². The molecule has 8 heteroatoms. The summed E-state index contributed by atoms with van der Waals surface area (Å²) in [7, 11) is 0. The second-order valence-corrected chi connectivity index (χ2v) is 8.07. The molecule has 1 aliphatic carbocycles. The molecule has 4 rings (SSSR count). The molecule has 0 aromatic carbocycles. The molecule has 3 aromatic rings. The van der Waals surface area contributed by atoms with Crippen LogP contribution < -0.4 is 0 Å². The highest BCUT2D eigenvalue weighted by molar-refractivity contribution is 7.99. The lowest BCUT2D eigenvalue weighted by Crippen LogP contribution is -2.06. The Bertz CT molecular complexity index is 990. The fourth-order valence-electron chi connectivity index (χ4n) is 3.16. The summed E-state index contributed by atoms with van der Waals surface area (Å²) in [5.74, 6) is 0.384. The first kappa shape index (κ1) is 16.9. The summed E-state index contributed by atoms with van der Waals surface area (Å²) in [6, 6.07) is 4.19. The average Bonchev–Trinajstić information content (AvgIpc) is 3.23. The van der Waals surface area contributed by atoms with Crippen molar-refractivity contribution in [2.24, 2.45) is 0 Å². The maximum atomic E-state index is 12.7. The van der Waals surface area contributed by atoms with Crippen LogP contribution in [-0.2, 0) is 0 Å². The van der Waals surface area contributed by atoms with E-state index in [2.05, 4.69) is 21.7 Å². The predicted octanol–water partition coefficient (Wildman–Crippen LogP) is 4.76. The van der Waals surface area contributed by atoms with E-state index >= 15 is 0 Å². The minimum Gasteiger partial charge on any atom is -0.345 e. The number of aryl methyl sites for hydroxylation is 1. The molecule has 0 atom stereocenters. The number of aromatic nitrogens is 4. The Morgan fingerprint density at radius 2 is 2.04 bits per heavy atom. The summed E-state index contributed by atoms with van der Waals surface area (Å²) in [5.41, 5.74) is 3.54. The highest BCUT2D eigenvalue weighted by Gasteiger charge is 2.28. The first-order chi connectivity index (χ1) is 12.0. The Morgan fingerprint density at radius 1 is 1.28 bits per heavy atom. The third-order valence-corrected chi connectivity index (χ3v) is 5.85. The fraction of sp³-hybridized carbons (Fsp3) is 0.353. The van der Waals surface area contributed by atoms with Crippen molar-refractivity contribution in [3.05, 3.63) is 45.3 Å². The summed E-state index contributed by atoms with van der Waals surface area (Å²) in [6.45, 7) is 4.08. The largest absolute Gasteiger partial charge is 0.345 e. The number of Topliss-reactive ketones (excluding diaryl/α,β-unsaturated/α-hetero) is 1. The number of carbonyl (C=O) groups excluding carboxylic acids is 1. The van der Waals surface area contributed by atoms with Crippen LogP contribution in [0.1, 0.15) is 40.6 Å². The molecular weight excluding hydrogens is 379 g/mol. The van der Waals surface area contributed by atoms with Crippen molar-refractivity contribution in [1.29, 1.82) is 0 Å².